The van der Waals surface area contributed by atoms with Crippen LogP contribution in [0.4, 0.5) is 0 Å². The second-order valence-electron chi connectivity index (χ2n) is 8.23. The molecule has 0 aromatic rings. The maximum absolute atomic E-state index is 12.2. The molecule has 5 atom stereocenters. The zero-order chi connectivity index (χ0) is 19.8. The third-order valence-electron chi connectivity index (χ3n) is 6.14. The molecule has 2 fully saturated rings. The molecule has 154 valence electrons. The van der Waals surface area contributed by atoms with Crippen molar-refractivity contribution in [2.75, 3.05) is 0 Å². The molecule has 0 unspecified atom stereocenters. The molecular weight excluding hydrogens is 348 g/mol. The smallest absolute Gasteiger partial charge is 0.303 e. The molecule has 6 heteroatoms. The maximum atomic E-state index is 12.2. The lowest BCUT2D eigenvalue weighted by molar-refractivity contribution is -0.137. The van der Waals surface area contributed by atoms with Gasteiger partial charge in [0.2, 0.25) is 0 Å². The van der Waals surface area contributed by atoms with Crippen LogP contribution < -0.4 is 0 Å². The maximum Gasteiger partial charge on any atom is 0.303 e. The summed E-state index contributed by atoms with van der Waals surface area (Å²) in [6.45, 7) is 0. The monoisotopic (exact) mass is 382 g/mol. The molecule has 0 aromatic carbocycles. The highest BCUT2D eigenvalue weighted by Gasteiger charge is 2.41. The Hall–Kier alpha value is -1.24. The van der Waals surface area contributed by atoms with Crippen molar-refractivity contribution in [3.05, 3.63) is 12.2 Å². The molecule has 2 aliphatic rings. The zero-order valence-electron chi connectivity index (χ0n) is 16.0. The molecule has 0 heterocycles. The number of Topliss-reactive ketones (excluding diaryl/α,β-unsaturated/α-hetero) is 1. The molecule has 0 spiro atoms. The van der Waals surface area contributed by atoms with Gasteiger partial charge in [0, 0.05) is 37.5 Å². The van der Waals surface area contributed by atoms with E-state index in [0.29, 0.717) is 19.3 Å². The van der Waals surface area contributed by atoms with Gasteiger partial charge in [-0.15, -0.1) is 0 Å². The van der Waals surface area contributed by atoms with E-state index < -0.39 is 24.3 Å². The lowest BCUT2D eigenvalue weighted by Gasteiger charge is -2.25. The van der Waals surface area contributed by atoms with Crippen LogP contribution in [-0.4, -0.2) is 50.5 Å². The van der Waals surface area contributed by atoms with Gasteiger partial charge >= 0.3 is 5.97 Å². The second kappa shape index (κ2) is 10.9. The van der Waals surface area contributed by atoms with Gasteiger partial charge in [-0.2, -0.15) is 0 Å². The number of carboxylic acids is 1. The highest BCUT2D eigenvalue weighted by atomic mass is 16.4. The molecule has 2 saturated carbocycles. The van der Waals surface area contributed by atoms with E-state index in [-0.39, 0.29) is 42.8 Å². The second-order valence-corrected chi connectivity index (χ2v) is 8.23. The first-order valence-electron chi connectivity index (χ1n) is 10.3. The van der Waals surface area contributed by atoms with Crippen LogP contribution in [0, 0.1) is 17.8 Å². The van der Waals surface area contributed by atoms with Gasteiger partial charge in [-0.3, -0.25) is 9.59 Å². The van der Waals surface area contributed by atoms with E-state index in [4.69, 9.17) is 5.11 Å². The van der Waals surface area contributed by atoms with E-state index in [1.807, 2.05) is 0 Å². The van der Waals surface area contributed by atoms with Crippen LogP contribution in [0.1, 0.15) is 70.6 Å². The summed E-state index contributed by atoms with van der Waals surface area (Å²) in [5.74, 6) is -1.29. The van der Waals surface area contributed by atoms with Crippen molar-refractivity contribution >= 4 is 11.8 Å². The van der Waals surface area contributed by atoms with Crippen molar-refractivity contribution in [3.8, 4) is 0 Å². The molecule has 4 N–H and O–H groups in total. The molecule has 0 bridgehead atoms. The van der Waals surface area contributed by atoms with Crippen molar-refractivity contribution in [1.82, 2.24) is 0 Å². The topological polar surface area (TPSA) is 115 Å². The van der Waals surface area contributed by atoms with Gasteiger partial charge in [0.25, 0.3) is 0 Å². The van der Waals surface area contributed by atoms with Crippen LogP contribution in [-0.2, 0) is 9.59 Å². The average Bonchev–Trinajstić information content (AvgIpc) is 2.90. The summed E-state index contributed by atoms with van der Waals surface area (Å²) in [4.78, 5) is 22.7. The fourth-order valence-electron chi connectivity index (χ4n) is 4.50. The summed E-state index contributed by atoms with van der Waals surface area (Å²) in [6, 6.07) is 0. The van der Waals surface area contributed by atoms with E-state index in [1.165, 1.54) is 6.42 Å². The standard InChI is InChI=1S/C21H34O6/c22-15(8-4-5-9-21(26)27)12-17-16(19(24)13-20(17)25)10-11-18(23)14-6-2-1-3-7-14/h10-11,14,16-20,23-25H,1-9,12-13H2,(H,26,27)/t16-,17-,18-,19-,20+/m1/s1. The number of hydrogen-bond acceptors (Lipinski definition) is 5. The molecule has 0 saturated heterocycles. The van der Waals surface area contributed by atoms with Crippen LogP contribution in [0.25, 0.3) is 0 Å². The predicted molar refractivity (Wildman–Crippen MR) is 101 cm³/mol. The Bertz CT molecular complexity index is 511. The SMILES string of the molecule is O=C(O)CCCCC(=O)C[C@@H]1[C@@H](C=C[C@@H](O)C2CCCCC2)[C@H](O)C[C@@H]1O. The first-order chi connectivity index (χ1) is 12.9. The highest BCUT2D eigenvalue weighted by molar-refractivity contribution is 5.78. The summed E-state index contributed by atoms with van der Waals surface area (Å²) < 4.78 is 0. The number of aliphatic hydroxyl groups excluding tert-OH is 3. The van der Waals surface area contributed by atoms with Gasteiger partial charge in [0.05, 0.1) is 18.3 Å². The summed E-state index contributed by atoms with van der Waals surface area (Å²) in [5, 5.41) is 39.6. The van der Waals surface area contributed by atoms with E-state index in [0.717, 1.165) is 25.7 Å². The molecule has 6 nitrogen and oxygen atoms in total. The van der Waals surface area contributed by atoms with Crippen molar-refractivity contribution < 1.29 is 30.0 Å². The third-order valence-corrected chi connectivity index (χ3v) is 6.14. The Balaban J connectivity index is 1.86. The van der Waals surface area contributed by atoms with Gasteiger partial charge in [-0.25, -0.2) is 0 Å². The van der Waals surface area contributed by atoms with Gasteiger partial charge in [0.15, 0.2) is 0 Å². The molecular formula is C21H34O6. The van der Waals surface area contributed by atoms with E-state index in [1.54, 1.807) is 12.2 Å². The van der Waals surface area contributed by atoms with Crippen LogP contribution in [0.5, 0.6) is 0 Å². The van der Waals surface area contributed by atoms with Crippen molar-refractivity contribution in [2.24, 2.45) is 17.8 Å². The molecule has 0 radical (unpaired) electrons. The third kappa shape index (κ3) is 7.01. The van der Waals surface area contributed by atoms with Gasteiger partial charge in [-0.1, -0.05) is 31.4 Å². The number of aliphatic carboxylic acids is 1. The first-order valence-corrected chi connectivity index (χ1v) is 10.3. The number of carbonyl (C=O) groups excluding carboxylic acids is 1. The van der Waals surface area contributed by atoms with Crippen LogP contribution in [0.2, 0.25) is 0 Å². The number of ketones is 1. The summed E-state index contributed by atoms with van der Waals surface area (Å²) in [6.07, 6.45) is 8.85. The zero-order valence-corrected chi connectivity index (χ0v) is 16.0. The number of rotatable bonds is 10. The highest BCUT2D eigenvalue weighted by Crippen LogP contribution is 2.37. The van der Waals surface area contributed by atoms with Gasteiger partial charge < -0.3 is 20.4 Å². The van der Waals surface area contributed by atoms with Crippen molar-refractivity contribution in [3.63, 3.8) is 0 Å². The predicted octanol–water partition coefficient (Wildman–Crippen LogP) is 2.45. The Morgan fingerprint density at radius 2 is 1.67 bits per heavy atom. The number of unbranched alkanes of at least 4 members (excludes halogenated alkanes) is 1. The van der Waals surface area contributed by atoms with Gasteiger partial charge in [0.1, 0.15) is 5.78 Å². The Morgan fingerprint density at radius 3 is 2.33 bits per heavy atom. The number of hydrogen-bond donors (Lipinski definition) is 4. The lowest BCUT2D eigenvalue weighted by atomic mass is 9.83. The summed E-state index contributed by atoms with van der Waals surface area (Å²) in [5.41, 5.74) is 0. The van der Waals surface area contributed by atoms with Crippen molar-refractivity contribution in [2.45, 2.75) is 88.9 Å². The Labute approximate surface area is 161 Å². The Kier molecular flexibility index (Phi) is 8.93. The van der Waals surface area contributed by atoms with Crippen LogP contribution in [0.3, 0.4) is 0 Å². The fourth-order valence-corrected chi connectivity index (χ4v) is 4.50. The molecule has 2 rings (SSSR count). The average molecular weight is 382 g/mol. The van der Waals surface area contributed by atoms with E-state index in [2.05, 4.69) is 0 Å². The molecule has 27 heavy (non-hydrogen) atoms. The number of carboxylic acid groups (broad SMARTS) is 1. The minimum atomic E-state index is -0.862. The minimum Gasteiger partial charge on any atom is -0.481 e. The number of carbonyl (C=O) groups is 2. The lowest BCUT2D eigenvalue weighted by Crippen LogP contribution is -2.25. The van der Waals surface area contributed by atoms with E-state index >= 15 is 0 Å². The van der Waals surface area contributed by atoms with Gasteiger partial charge in [-0.05, 0) is 31.6 Å². The van der Waals surface area contributed by atoms with Crippen LogP contribution in [0.15, 0.2) is 12.2 Å². The minimum absolute atomic E-state index is 0.00947. The number of aliphatic hydroxyl groups is 3. The first kappa shape index (κ1) is 22.1. The van der Waals surface area contributed by atoms with Crippen molar-refractivity contribution in [1.29, 1.82) is 0 Å². The van der Waals surface area contributed by atoms with Crippen LogP contribution >= 0.6 is 0 Å². The quantitative estimate of drug-likeness (QED) is 0.341. The molecule has 2 aliphatic carbocycles. The fraction of sp³-hybridized carbons (Fsp3) is 0.810. The summed E-state index contributed by atoms with van der Waals surface area (Å²) >= 11 is 0. The molecule has 0 aromatic heterocycles. The molecule has 0 aliphatic heterocycles. The largest absolute Gasteiger partial charge is 0.481 e. The molecule has 0 amide bonds. The van der Waals surface area contributed by atoms with E-state index in [9.17, 15) is 24.9 Å². The summed E-state index contributed by atoms with van der Waals surface area (Å²) in [7, 11) is 0. The Morgan fingerprint density at radius 1 is 1.00 bits per heavy atom. The normalized spacial score (nSPS) is 30.6.